The van der Waals surface area contributed by atoms with E-state index in [0.29, 0.717) is 22.8 Å². The zero-order chi connectivity index (χ0) is 20.8. The summed E-state index contributed by atoms with van der Waals surface area (Å²) in [5.41, 5.74) is 2.87. The number of benzene rings is 2. The lowest BCUT2D eigenvalue weighted by Crippen LogP contribution is -2.12. The number of anilines is 1. The summed E-state index contributed by atoms with van der Waals surface area (Å²) < 4.78 is 9.97. The van der Waals surface area contributed by atoms with Crippen LogP contribution >= 0.6 is 0 Å². The molecule has 1 heterocycles. The highest BCUT2D eigenvalue weighted by Crippen LogP contribution is 2.31. The third kappa shape index (κ3) is 4.63. The number of methoxy groups -OCH3 is 2. The molecular weight excluding hydrogens is 370 g/mol. The van der Waals surface area contributed by atoms with E-state index in [1.165, 1.54) is 14.2 Å². The van der Waals surface area contributed by atoms with Gasteiger partial charge in [0, 0.05) is 5.56 Å². The number of nitrogens with zero attached hydrogens (tertiary/aromatic N) is 2. The van der Waals surface area contributed by atoms with Crippen molar-refractivity contribution in [2.45, 2.75) is 19.4 Å². The molecule has 29 heavy (non-hydrogen) atoms. The van der Waals surface area contributed by atoms with Gasteiger partial charge in [-0.1, -0.05) is 19.1 Å². The van der Waals surface area contributed by atoms with Gasteiger partial charge in [0.2, 0.25) is 0 Å². The topological polar surface area (TPSA) is 93.6 Å². The van der Waals surface area contributed by atoms with Crippen LogP contribution in [0.1, 0.15) is 35.3 Å². The first-order valence-electron chi connectivity index (χ1n) is 9.20. The van der Waals surface area contributed by atoms with Crippen molar-refractivity contribution >= 4 is 11.8 Å². The van der Waals surface area contributed by atoms with E-state index in [1.54, 1.807) is 36.7 Å². The number of aromatic nitrogens is 2. The zero-order valence-corrected chi connectivity index (χ0v) is 16.5. The maximum absolute atomic E-state index is 11.8. The number of phenolic OH excluding ortho intramolecular Hbond substituents is 1. The molecule has 0 radical (unpaired) electrons. The fourth-order valence-electron chi connectivity index (χ4n) is 3.01. The fourth-order valence-corrected chi connectivity index (χ4v) is 3.01. The van der Waals surface area contributed by atoms with Crippen LogP contribution in [0.2, 0.25) is 0 Å². The summed E-state index contributed by atoms with van der Waals surface area (Å²) in [5, 5.41) is 13.2. The molecule has 3 rings (SSSR count). The Hall–Kier alpha value is -3.61. The Morgan fingerprint density at radius 3 is 2.72 bits per heavy atom. The van der Waals surface area contributed by atoms with Gasteiger partial charge in [0.25, 0.3) is 0 Å². The van der Waals surface area contributed by atoms with E-state index in [4.69, 9.17) is 9.47 Å². The van der Waals surface area contributed by atoms with Crippen molar-refractivity contribution in [1.29, 1.82) is 0 Å². The van der Waals surface area contributed by atoms with Gasteiger partial charge in [-0.25, -0.2) is 9.78 Å². The molecule has 1 atom stereocenters. The molecule has 0 aliphatic rings. The lowest BCUT2D eigenvalue weighted by Gasteiger charge is -2.19. The number of rotatable bonds is 7. The number of carbonyl (C=O) groups is 1. The van der Waals surface area contributed by atoms with Gasteiger partial charge in [0.15, 0.2) is 11.5 Å². The number of carbonyl (C=O) groups excluding carboxylic acids is 1. The number of ether oxygens (including phenoxy) is 2. The number of hydrogen-bond acceptors (Lipinski definition) is 7. The maximum Gasteiger partial charge on any atom is 0.337 e. The Bertz CT molecular complexity index is 1010. The summed E-state index contributed by atoms with van der Waals surface area (Å²) in [4.78, 5) is 20.7. The quantitative estimate of drug-likeness (QED) is 0.581. The molecule has 0 bridgehead atoms. The second-order valence-corrected chi connectivity index (χ2v) is 6.40. The minimum Gasteiger partial charge on any atom is -0.504 e. The van der Waals surface area contributed by atoms with Gasteiger partial charge in [-0.05, 0) is 42.3 Å². The Balaban J connectivity index is 1.86. The highest BCUT2D eigenvalue weighted by Gasteiger charge is 2.14. The van der Waals surface area contributed by atoms with Crippen molar-refractivity contribution < 1.29 is 19.4 Å². The fraction of sp³-hybridized carbons (Fsp3) is 0.227. The van der Waals surface area contributed by atoms with Crippen molar-refractivity contribution in [3.05, 3.63) is 66.0 Å². The molecule has 0 fully saturated rings. The van der Waals surface area contributed by atoms with Gasteiger partial charge in [0.1, 0.15) is 5.82 Å². The molecule has 150 valence electrons. The predicted molar refractivity (Wildman–Crippen MR) is 110 cm³/mol. The number of nitrogens with one attached hydrogen (secondary N) is 1. The third-order valence-electron chi connectivity index (χ3n) is 4.55. The highest BCUT2D eigenvalue weighted by molar-refractivity contribution is 5.89. The summed E-state index contributed by atoms with van der Waals surface area (Å²) in [6.07, 6.45) is 4.08. The van der Waals surface area contributed by atoms with Crippen molar-refractivity contribution in [2.24, 2.45) is 0 Å². The van der Waals surface area contributed by atoms with Crippen molar-refractivity contribution in [1.82, 2.24) is 9.97 Å². The van der Waals surface area contributed by atoms with E-state index >= 15 is 0 Å². The molecule has 7 nitrogen and oxygen atoms in total. The Morgan fingerprint density at radius 1 is 1.17 bits per heavy atom. The lowest BCUT2D eigenvalue weighted by molar-refractivity contribution is 0.0600. The monoisotopic (exact) mass is 393 g/mol. The number of phenols is 1. The van der Waals surface area contributed by atoms with Crippen molar-refractivity contribution in [3.63, 3.8) is 0 Å². The molecule has 1 aromatic heterocycles. The maximum atomic E-state index is 11.8. The second-order valence-electron chi connectivity index (χ2n) is 6.40. The first kappa shape index (κ1) is 20.1. The SMILES string of the molecule is CCC(Nc1cncc(-c2ccc(O)c(OC)c2)n1)c1cccc(C(=O)OC)c1. The number of hydrogen-bond donors (Lipinski definition) is 2. The normalized spacial score (nSPS) is 11.6. The zero-order valence-electron chi connectivity index (χ0n) is 16.5. The van der Waals surface area contributed by atoms with E-state index in [2.05, 4.69) is 15.3 Å². The van der Waals surface area contributed by atoms with Crippen LogP contribution in [0.15, 0.2) is 54.9 Å². The molecule has 7 heteroatoms. The number of esters is 1. The van der Waals surface area contributed by atoms with Crippen LogP contribution in [-0.4, -0.2) is 35.3 Å². The van der Waals surface area contributed by atoms with Gasteiger partial charge in [-0.3, -0.25) is 4.98 Å². The summed E-state index contributed by atoms with van der Waals surface area (Å²) in [6, 6.07) is 12.3. The van der Waals surface area contributed by atoms with Crippen LogP contribution in [-0.2, 0) is 4.74 Å². The van der Waals surface area contributed by atoms with Gasteiger partial charge >= 0.3 is 5.97 Å². The molecule has 0 saturated carbocycles. The summed E-state index contributed by atoms with van der Waals surface area (Å²) in [6.45, 7) is 2.05. The lowest BCUT2D eigenvalue weighted by atomic mass is 10.0. The molecule has 1 unspecified atom stereocenters. The molecule has 2 N–H and O–H groups in total. The van der Waals surface area contributed by atoms with E-state index in [9.17, 15) is 9.90 Å². The van der Waals surface area contributed by atoms with Gasteiger partial charge in [-0.2, -0.15) is 0 Å². The summed E-state index contributed by atoms with van der Waals surface area (Å²) in [5.74, 6) is 0.665. The third-order valence-corrected chi connectivity index (χ3v) is 4.55. The van der Waals surface area contributed by atoms with Crippen molar-refractivity contribution in [3.8, 4) is 22.8 Å². The average Bonchev–Trinajstić information content (AvgIpc) is 2.77. The predicted octanol–water partition coefficient (Wildman–Crippen LogP) is 4.21. The second kappa shape index (κ2) is 9.05. The number of aromatic hydroxyl groups is 1. The molecule has 0 spiro atoms. The Labute approximate surface area is 169 Å². The molecule has 0 aliphatic heterocycles. The molecule has 0 amide bonds. The average molecular weight is 393 g/mol. The van der Waals surface area contributed by atoms with Gasteiger partial charge < -0.3 is 19.9 Å². The first-order chi connectivity index (χ1) is 14.0. The van der Waals surface area contributed by atoms with Crippen LogP contribution in [0.5, 0.6) is 11.5 Å². The Morgan fingerprint density at radius 2 is 2.00 bits per heavy atom. The standard InChI is InChI=1S/C22H23N3O4/c1-4-17(14-6-5-7-16(10-14)22(27)29-3)24-21-13-23-12-18(25-21)15-8-9-19(26)20(11-15)28-2/h5-13,17,26H,4H2,1-3H3,(H,24,25). The highest BCUT2D eigenvalue weighted by atomic mass is 16.5. The largest absolute Gasteiger partial charge is 0.504 e. The van der Waals surface area contributed by atoms with Crippen LogP contribution < -0.4 is 10.1 Å². The van der Waals surface area contributed by atoms with E-state index < -0.39 is 0 Å². The minimum atomic E-state index is -0.371. The Kier molecular flexibility index (Phi) is 6.29. The summed E-state index contributed by atoms with van der Waals surface area (Å²) in [7, 11) is 2.86. The first-order valence-corrected chi connectivity index (χ1v) is 9.20. The molecule has 0 saturated heterocycles. The molecule has 3 aromatic rings. The van der Waals surface area contributed by atoms with Gasteiger partial charge in [-0.15, -0.1) is 0 Å². The van der Waals surface area contributed by atoms with E-state index in [-0.39, 0.29) is 17.8 Å². The molecule has 2 aromatic carbocycles. The van der Waals surface area contributed by atoms with Crippen molar-refractivity contribution in [2.75, 3.05) is 19.5 Å². The van der Waals surface area contributed by atoms with Crippen LogP contribution in [0, 0.1) is 0 Å². The van der Waals surface area contributed by atoms with Crippen LogP contribution in [0.25, 0.3) is 11.3 Å². The van der Waals surface area contributed by atoms with Crippen LogP contribution in [0.4, 0.5) is 5.82 Å². The molecular formula is C22H23N3O4. The van der Waals surface area contributed by atoms with Gasteiger partial charge in [0.05, 0.1) is 43.9 Å². The van der Waals surface area contributed by atoms with Crippen LogP contribution in [0.3, 0.4) is 0 Å². The molecule has 0 aliphatic carbocycles. The minimum absolute atomic E-state index is 0.0569. The van der Waals surface area contributed by atoms with E-state index in [1.807, 2.05) is 25.1 Å². The summed E-state index contributed by atoms with van der Waals surface area (Å²) >= 11 is 0. The smallest absolute Gasteiger partial charge is 0.337 e. The van der Waals surface area contributed by atoms with E-state index in [0.717, 1.165) is 17.5 Å².